The van der Waals surface area contributed by atoms with Crippen molar-refractivity contribution in [3.05, 3.63) is 96.7 Å². The number of benzene rings is 3. The van der Waals surface area contributed by atoms with Crippen LogP contribution in [0, 0.1) is 6.92 Å². The van der Waals surface area contributed by atoms with Crippen LogP contribution in [0.3, 0.4) is 0 Å². The Morgan fingerprint density at radius 2 is 1.45 bits per heavy atom. The summed E-state index contributed by atoms with van der Waals surface area (Å²) in [6.45, 7) is 1.82. The number of hydrogen-bond acceptors (Lipinski definition) is 3. The number of para-hydroxylation sites is 1. The Balaban J connectivity index is 0.000000180. The number of hydrogen-bond donors (Lipinski definition) is 1. The van der Waals surface area contributed by atoms with Gasteiger partial charge in [-0.1, -0.05) is 54.1 Å². The van der Waals surface area contributed by atoms with Crippen LogP contribution in [0.15, 0.2) is 96.0 Å². The molecular formula is C25H22N2O3S. The quantitative estimate of drug-likeness (QED) is 0.325. The molecule has 0 aliphatic heterocycles. The summed E-state index contributed by atoms with van der Waals surface area (Å²) >= 11 is 0. The van der Waals surface area contributed by atoms with Gasteiger partial charge < -0.3 is 9.54 Å². The van der Waals surface area contributed by atoms with Crippen LogP contribution >= 0.6 is 0 Å². The van der Waals surface area contributed by atoms with Crippen LogP contribution < -0.4 is 4.57 Å². The minimum Gasteiger partial charge on any atom is -0.744 e. The lowest BCUT2D eigenvalue weighted by Crippen LogP contribution is -2.30. The maximum Gasteiger partial charge on any atom is 0.236 e. The molecule has 0 amide bonds. The molecule has 0 radical (unpaired) electrons. The average molecular weight is 431 g/mol. The van der Waals surface area contributed by atoms with Crippen LogP contribution in [0.5, 0.6) is 0 Å². The number of aromatic amines is 1. The van der Waals surface area contributed by atoms with E-state index >= 15 is 0 Å². The molecule has 5 aromatic rings. The Labute approximate surface area is 181 Å². The minimum absolute atomic E-state index is 0.178. The van der Waals surface area contributed by atoms with Gasteiger partial charge in [0.1, 0.15) is 22.7 Å². The van der Waals surface area contributed by atoms with E-state index in [1.54, 1.807) is 12.1 Å². The summed E-state index contributed by atoms with van der Waals surface area (Å²) in [4.78, 5) is 3.39. The molecule has 156 valence electrons. The van der Waals surface area contributed by atoms with Gasteiger partial charge in [0.15, 0.2) is 6.20 Å². The first-order valence-corrected chi connectivity index (χ1v) is 11.2. The molecule has 0 unspecified atom stereocenters. The molecule has 6 heteroatoms. The van der Waals surface area contributed by atoms with Gasteiger partial charge in [-0.15, -0.1) is 0 Å². The lowest BCUT2D eigenvalue weighted by molar-refractivity contribution is -0.659. The SMILES string of the molecule is C[n+]1ccc2c([nH]c3ccccc32)c1-c1ccccc1.Cc1ccc(S(=O)(=O)[O-])cc1. The molecule has 0 spiro atoms. The number of rotatable bonds is 2. The van der Waals surface area contributed by atoms with Crippen molar-refractivity contribution in [3.8, 4) is 11.3 Å². The summed E-state index contributed by atoms with van der Waals surface area (Å²) in [5.41, 5.74) is 5.76. The van der Waals surface area contributed by atoms with E-state index in [0.717, 1.165) is 5.56 Å². The third kappa shape index (κ3) is 4.35. The molecule has 0 fully saturated rings. The van der Waals surface area contributed by atoms with Crippen molar-refractivity contribution in [3.63, 3.8) is 0 Å². The van der Waals surface area contributed by atoms with Crippen molar-refractivity contribution in [1.82, 2.24) is 4.98 Å². The zero-order chi connectivity index (χ0) is 22.0. The van der Waals surface area contributed by atoms with Gasteiger partial charge in [0.2, 0.25) is 5.69 Å². The van der Waals surface area contributed by atoms with Crippen molar-refractivity contribution < 1.29 is 17.5 Å². The number of pyridine rings is 1. The number of fused-ring (bicyclic) bond motifs is 3. The molecule has 0 saturated carbocycles. The van der Waals surface area contributed by atoms with Crippen molar-refractivity contribution in [2.24, 2.45) is 7.05 Å². The van der Waals surface area contributed by atoms with Crippen molar-refractivity contribution in [2.45, 2.75) is 11.8 Å². The van der Waals surface area contributed by atoms with Crippen LogP contribution in [0.25, 0.3) is 33.1 Å². The Bertz CT molecular complexity index is 1460. The first-order chi connectivity index (χ1) is 14.8. The summed E-state index contributed by atoms with van der Waals surface area (Å²) in [5, 5.41) is 2.55. The Kier molecular flexibility index (Phi) is 5.59. The van der Waals surface area contributed by atoms with E-state index in [1.807, 2.05) is 6.92 Å². The zero-order valence-corrected chi connectivity index (χ0v) is 18.1. The van der Waals surface area contributed by atoms with Crippen LogP contribution in [0.4, 0.5) is 0 Å². The standard InChI is InChI=1S/C18H14N2.C7H8O3S/c1-20-12-11-15-14-9-5-6-10-16(14)19-17(15)18(20)13-7-3-2-4-8-13;1-6-2-4-7(5-3-6)11(8,9)10/h2-12H,1H3;2-5H,1H3,(H,8,9,10). The molecule has 3 aromatic carbocycles. The highest BCUT2D eigenvalue weighted by atomic mass is 32.2. The third-order valence-corrected chi connectivity index (χ3v) is 6.01. The second-order valence-electron chi connectivity index (χ2n) is 7.37. The largest absolute Gasteiger partial charge is 0.744 e. The van der Waals surface area contributed by atoms with E-state index in [2.05, 4.69) is 83.5 Å². The van der Waals surface area contributed by atoms with Gasteiger partial charge in [0, 0.05) is 27.9 Å². The summed E-state index contributed by atoms with van der Waals surface area (Å²) in [6.07, 6.45) is 2.13. The lowest BCUT2D eigenvalue weighted by atomic mass is 10.1. The second kappa shape index (κ2) is 8.34. The monoisotopic (exact) mass is 430 g/mol. The molecule has 0 bridgehead atoms. The predicted molar refractivity (Wildman–Crippen MR) is 122 cm³/mol. The molecule has 2 heterocycles. The van der Waals surface area contributed by atoms with Crippen LogP contribution in [0.2, 0.25) is 0 Å². The number of H-pyrrole nitrogens is 1. The van der Waals surface area contributed by atoms with Gasteiger partial charge in [-0.05, 0) is 37.3 Å². The molecule has 0 aliphatic carbocycles. The highest BCUT2D eigenvalue weighted by molar-refractivity contribution is 7.85. The zero-order valence-electron chi connectivity index (χ0n) is 17.2. The molecular weight excluding hydrogens is 408 g/mol. The molecule has 1 N–H and O–H groups in total. The molecule has 0 aliphatic rings. The van der Waals surface area contributed by atoms with Crippen LogP contribution in [0.1, 0.15) is 5.56 Å². The van der Waals surface area contributed by atoms with E-state index in [0.29, 0.717) is 0 Å². The van der Waals surface area contributed by atoms with Crippen molar-refractivity contribution in [1.29, 1.82) is 0 Å². The number of nitrogens with zero attached hydrogens (tertiary/aromatic N) is 1. The van der Waals surface area contributed by atoms with Gasteiger partial charge in [-0.2, -0.15) is 4.57 Å². The number of aromatic nitrogens is 2. The maximum absolute atomic E-state index is 10.4. The first-order valence-electron chi connectivity index (χ1n) is 9.81. The lowest BCUT2D eigenvalue weighted by Gasteiger charge is -2.05. The van der Waals surface area contributed by atoms with Crippen LogP contribution in [-0.2, 0) is 17.2 Å². The molecule has 2 aromatic heterocycles. The number of aryl methyl sites for hydroxylation is 2. The average Bonchev–Trinajstić information content (AvgIpc) is 3.13. The summed E-state index contributed by atoms with van der Waals surface area (Å²) < 4.78 is 33.3. The Morgan fingerprint density at radius 1 is 0.806 bits per heavy atom. The smallest absolute Gasteiger partial charge is 0.236 e. The first kappa shape index (κ1) is 20.8. The van der Waals surface area contributed by atoms with Crippen molar-refractivity contribution >= 4 is 31.9 Å². The Morgan fingerprint density at radius 3 is 2.13 bits per heavy atom. The van der Waals surface area contributed by atoms with Gasteiger partial charge in [0.05, 0.1) is 4.90 Å². The second-order valence-corrected chi connectivity index (χ2v) is 8.75. The summed E-state index contributed by atoms with van der Waals surface area (Å²) in [7, 11) is -2.18. The van der Waals surface area contributed by atoms with E-state index in [-0.39, 0.29) is 4.90 Å². The topological polar surface area (TPSA) is 76.9 Å². The van der Waals surface area contributed by atoms with E-state index in [1.165, 1.54) is 45.2 Å². The van der Waals surface area contributed by atoms with Gasteiger partial charge in [-0.3, -0.25) is 0 Å². The van der Waals surface area contributed by atoms with Gasteiger partial charge in [0.25, 0.3) is 0 Å². The van der Waals surface area contributed by atoms with E-state index in [4.69, 9.17) is 0 Å². The molecule has 0 saturated heterocycles. The minimum atomic E-state index is -4.27. The van der Waals surface area contributed by atoms with Gasteiger partial charge in [-0.25, -0.2) is 8.42 Å². The molecule has 0 atom stereocenters. The van der Waals surface area contributed by atoms with Crippen molar-refractivity contribution in [2.75, 3.05) is 0 Å². The highest BCUT2D eigenvalue weighted by Crippen LogP contribution is 2.30. The maximum atomic E-state index is 10.4. The molecule has 5 rings (SSSR count). The summed E-state index contributed by atoms with van der Waals surface area (Å²) in [6, 6.07) is 26.9. The molecule has 5 nitrogen and oxygen atoms in total. The normalized spacial score (nSPS) is 11.3. The molecule has 31 heavy (non-hydrogen) atoms. The van der Waals surface area contributed by atoms with E-state index in [9.17, 15) is 13.0 Å². The third-order valence-electron chi connectivity index (χ3n) is 5.16. The predicted octanol–water partition coefficient (Wildman–Crippen LogP) is 4.71. The fourth-order valence-corrected chi connectivity index (χ4v) is 4.08. The summed E-state index contributed by atoms with van der Waals surface area (Å²) in [5.74, 6) is 0. The Hall–Kier alpha value is -3.48. The highest BCUT2D eigenvalue weighted by Gasteiger charge is 2.17. The van der Waals surface area contributed by atoms with E-state index < -0.39 is 10.1 Å². The van der Waals surface area contributed by atoms with Gasteiger partial charge >= 0.3 is 0 Å². The fraction of sp³-hybridized carbons (Fsp3) is 0.0800. The van der Waals surface area contributed by atoms with Crippen LogP contribution in [-0.4, -0.2) is 18.0 Å². The number of nitrogens with one attached hydrogen (secondary N) is 1. The fourth-order valence-electron chi connectivity index (χ4n) is 3.61.